The molecule has 0 bridgehead atoms. The third-order valence-electron chi connectivity index (χ3n) is 3.37. The van der Waals surface area contributed by atoms with Gasteiger partial charge in [0.05, 0.1) is 41.7 Å². The van der Waals surface area contributed by atoms with Gasteiger partial charge in [0.2, 0.25) is 0 Å². The molecule has 0 fully saturated rings. The van der Waals surface area contributed by atoms with Gasteiger partial charge in [-0.25, -0.2) is 14.5 Å². The number of nitrogens with one attached hydrogen (secondary N) is 1. The van der Waals surface area contributed by atoms with Crippen LogP contribution in [0.4, 0.5) is 13.2 Å². The fourth-order valence-corrected chi connectivity index (χ4v) is 2.26. The summed E-state index contributed by atoms with van der Waals surface area (Å²) in [6.07, 6.45) is -3.71. The predicted molar refractivity (Wildman–Crippen MR) is 85.5 cm³/mol. The number of rotatable bonds is 6. The molecular weight excluding hydrogens is 391 g/mol. The first-order valence-electron chi connectivity index (χ1n) is 7.35. The Labute approximate surface area is 156 Å². The van der Waals surface area contributed by atoms with Gasteiger partial charge in [0.15, 0.2) is 11.9 Å². The van der Waals surface area contributed by atoms with Crippen molar-refractivity contribution in [3.8, 4) is 11.9 Å². The molecule has 2 aromatic rings. The molecule has 0 radical (unpaired) electrons. The SMILES string of the molecule is COC(=O)C(C)ONCc1c(C#N)cnn1-c1ncc(C(F)(F)F)cc1Cl. The fraction of sp³-hybridized carbons (Fsp3) is 0.333. The van der Waals surface area contributed by atoms with E-state index in [2.05, 4.69) is 20.3 Å². The highest BCUT2D eigenvalue weighted by Gasteiger charge is 2.32. The molecule has 0 saturated carbocycles. The highest BCUT2D eigenvalue weighted by Crippen LogP contribution is 2.32. The van der Waals surface area contributed by atoms with Crippen molar-refractivity contribution in [1.82, 2.24) is 20.2 Å². The number of hydrogen-bond acceptors (Lipinski definition) is 7. The third kappa shape index (κ3) is 4.73. The molecule has 27 heavy (non-hydrogen) atoms. The number of nitriles is 1. The summed E-state index contributed by atoms with van der Waals surface area (Å²) in [6, 6.07) is 2.60. The highest BCUT2D eigenvalue weighted by atomic mass is 35.5. The Balaban J connectivity index is 2.28. The molecule has 0 aliphatic rings. The summed E-state index contributed by atoms with van der Waals surface area (Å²) >= 11 is 5.92. The van der Waals surface area contributed by atoms with Crippen molar-refractivity contribution in [1.29, 1.82) is 5.26 Å². The maximum absolute atomic E-state index is 12.7. The summed E-state index contributed by atoms with van der Waals surface area (Å²) in [5.74, 6) is -0.715. The molecule has 12 heteroatoms. The predicted octanol–water partition coefficient (Wildman–Crippen LogP) is 2.39. The van der Waals surface area contributed by atoms with E-state index in [1.165, 1.54) is 20.2 Å². The van der Waals surface area contributed by atoms with Gasteiger partial charge < -0.3 is 4.74 Å². The lowest BCUT2D eigenvalue weighted by Gasteiger charge is -2.13. The Bertz CT molecular complexity index is 879. The number of hydrogen-bond donors (Lipinski definition) is 1. The first-order valence-corrected chi connectivity index (χ1v) is 7.73. The average Bonchev–Trinajstić information content (AvgIpc) is 3.02. The Hall–Kier alpha value is -2.68. The minimum absolute atomic E-state index is 0.0935. The normalized spacial score (nSPS) is 12.5. The monoisotopic (exact) mass is 403 g/mol. The Kier molecular flexibility index (Phi) is 6.37. The van der Waals surface area contributed by atoms with Crippen LogP contribution >= 0.6 is 11.6 Å². The minimum Gasteiger partial charge on any atom is -0.467 e. The van der Waals surface area contributed by atoms with Gasteiger partial charge in [-0.1, -0.05) is 11.6 Å². The fourth-order valence-electron chi connectivity index (χ4n) is 2.01. The summed E-state index contributed by atoms with van der Waals surface area (Å²) < 4.78 is 43.9. The van der Waals surface area contributed by atoms with Gasteiger partial charge >= 0.3 is 12.1 Å². The molecule has 2 heterocycles. The molecule has 0 aliphatic heterocycles. The summed E-state index contributed by atoms with van der Waals surface area (Å²) in [5.41, 5.74) is 1.81. The molecule has 0 aromatic carbocycles. The first-order chi connectivity index (χ1) is 12.7. The molecule has 1 N–H and O–H groups in total. The zero-order valence-corrected chi connectivity index (χ0v) is 14.8. The van der Waals surface area contributed by atoms with Crippen LogP contribution in [0.2, 0.25) is 5.02 Å². The third-order valence-corrected chi connectivity index (χ3v) is 3.65. The number of methoxy groups -OCH3 is 1. The van der Waals surface area contributed by atoms with E-state index >= 15 is 0 Å². The second-order valence-corrected chi connectivity index (χ2v) is 5.57. The van der Waals surface area contributed by atoms with E-state index in [1.54, 1.807) is 0 Å². The lowest BCUT2D eigenvalue weighted by molar-refractivity contribution is -0.158. The smallest absolute Gasteiger partial charge is 0.417 e. The number of alkyl halides is 3. The van der Waals surface area contributed by atoms with E-state index < -0.39 is 23.8 Å². The molecule has 1 unspecified atom stereocenters. The van der Waals surface area contributed by atoms with Crippen molar-refractivity contribution in [3.05, 3.63) is 40.3 Å². The number of carbonyl (C=O) groups excluding carboxylic acids is 1. The van der Waals surface area contributed by atoms with E-state index in [0.717, 1.165) is 4.68 Å². The topological polar surface area (TPSA) is 102 Å². The van der Waals surface area contributed by atoms with Crippen LogP contribution in [0, 0.1) is 11.3 Å². The van der Waals surface area contributed by atoms with Crippen molar-refractivity contribution in [2.45, 2.75) is 25.7 Å². The van der Waals surface area contributed by atoms with E-state index in [9.17, 15) is 23.2 Å². The summed E-state index contributed by atoms with van der Waals surface area (Å²) in [4.78, 5) is 20.1. The van der Waals surface area contributed by atoms with E-state index in [-0.39, 0.29) is 28.6 Å². The van der Waals surface area contributed by atoms with Gasteiger partial charge in [-0.2, -0.15) is 29.0 Å². The van der Waals surface area contributed by atoms with Gasteiger partial charge in [0.25, 0.3) is 0 Å². The number of aromatic nitrogens is 3. The molecular formula is C15H13ClF3N5O3. The molecule has 144 valence electrons. The van der Waals surface area contributed by atoms with Crippen LogP contribution in [0.15, 0.2) is 18.5 Å². The lowest BCUT2D eigenvalue weighted by atomic mass is 10.2. The molecule has 8 nitrogen and oxygen atoms in total. The zero-order chi connectivity index (χ0) is 20.2. The van der Waals surface area contributed by atoms with Crippen molar-refractivity contribution in [2.24, 2.45) is 0 Å². The quantitative estimate of drug-likeness (QED) is 0.583. The van der Waals surface area contributed by atoms with Crippen LogP contribution in [0.3, 0.4) is 0 Å². The molecule has 0 aliphatic carbocycles. The van der Waals surface area contributed by atoms with Crippen LogP contribution in [-0.4, -0.2) is 33.9 Å². The maximum Gasteiger partial charge on any atom is 0.417 e. The minimum atomic E-state index is -4.60. The number of ether oxygens (including phenoxy) is 1. The highest BCUT2D eigenvalue weighted by molar-refractivity contribution is 6.32. The number of hydroxylamine groups is 1. The molecule has 2 rings (SSSR count). The van der Waals surface area contributed by atoms with E-state index in [1.807, 2.05) is 6.07 Å². The molecule has 1 atom stereocenters. The van der Waals surface area contributed by atoms with Crippen molar-refractivity contribution in [3.63, 3.8) is 0 Å². The van der Waals surface area contributed by atoms with Gasteiger partial charge in [0, 0.05) is 6.20 Å². The first kappa shape index (κ1) is 20.6. The standard InChI is InChI=1S/C15H13ClF3N5O3/c1-8(14(25)26-2)27-23-7-12-9(4-20)5-22-24(12)13-11(16)3-10(6-21-13)15(17,18)19/h3,5-6,8,23H,7H2,1-2H3. The number of nitrogens with zero attached hydrogens (tertiary/aromatic N) is 4. The number of carbonyl (C=O) groups is 1. The van der Waals surface area contributed by atoms with E-state index in [0.29, 0.717) is 12.3 Å². The largest absolute Gasteiger partial charge is 0.467 e. The van der Waals surface area contributed by atoms with Crippen molar-refractivity contribution < 1.29 is 27.5 Å². The second-order valence-electron chi connectivity index (χ2n) is 5.16. The van der Waals surface area contributed by atoms with Crippen LogP contribution in [0.1, 0.15) is 23.7 Å². The second kappa shape index (κ2) is 8.34. The van der Waals surface area contributed by atoms with Crippen molar-refractivity contribution in [2.75, 3.05) is 7.11 Å². The van der Waals surface area contributed by atoms with Crippen LogP contribution in [0.5, 0.6) is 0 Å². The van der Waals surface area contributed by atoms with Crippen LogP contribution < -0.4 is 5.48 Å². The maximum atomic E-state index is 12.7. The van der Waals surface area contributed by atoms with Crippen LogP contribution in [0.25, 0.3) is 5.82 Å². The summed E-state index contributed by atoms with van der Waals surface area (Å²) in [5, 5.41) is 12.8. The summed E-state index contributed by atoms with van der Waals surface area (Å²) in [7, 11) is 1.20. The molecule has 2 aromatic heterocycles. The lowest BCUT2D eigenvalue weighted by Crippen LogP contribution is -2.29. The van der Waals surface area contributed by atoms with Gasteiger partial charge in [-0.3, -0.25) is 4.84 Å². The van der Waals surface area contributed by atoms with Crippen molar-refractivity contribution >= 4 is 17.6 Å². The number of halogens is 4. The Morgan fingerprint density at radius 2 is 2.19 bits per heavy atom. The summed E-state index contributed by atoms with van der Waals surface area (Å²) in [6.45, 7) is 1.33. The molecule has 0 saturated heterocycles. The van der Waals surface area contributed by atoms with Gasteiger partial charge in [-0.15, -0.1) is 0 Å². The average molecular weight is 404 g/mol. The Morgan fingerprint density at radius 3 is 2.74 bits per heavy atom. The zero-order valence-electron chi connectivity index (χ0n) is 14.0. The number of esters is 1. The number of pyridine rings is 1. The van der Waals surface area contributed by atoms with Crippen LogP contribution in [-0.2, 0) is 27.1 Å². The van der Waals surface area contributed by atoms with Gasteiger partial charge in [-0.05, 0) is 13.0 Å². The molecule has 0 spiro atoms. The van der Waals surface area contributed by atoms with E-state index in [4.69, 9.17) is 16.4 Å². The van der Waals surface area contributed by atoms with Gasteiger partial charge in [0.1, 0.15) is 6.07 Å². The molecule has 0 amide bonds. The Morgan fingerprint density at radius 1 is 1.48 bits per heavy atom.